The van der Waals surface area contributed by atoms with Crippen molar-refractivity contribution in [3.8, 4) is 0 Å². The molecule has 1 atom stereocenters. The quantitative estimate of drug-likeness (QED) is 0.472. The fourth-order valence-electron chi connectivity index (χ4n) is 2.37. The summed E-state index contributed by atoms with van der Waals surface area (Å²) in [5.41, 5.74) is 14.2. The van der Waals surface area contributed by atoms with Gasteiger partial charge in [-0.25, -0.2) is 9.97 Å². The fourth-order valence-corrected chi connectivity index (χ4v) is 3.35. The molecule has 0 aliphatic rings. The first kappa shape index (κ1) is 17.8. The zero-order valence-electron chi connectivity index (χ0n) is 14.2. The Kier molecular flexibility index (Phi) is 5.38. The van der Waals surface area contributed by atoms with Gasteiger partial charge in [-0.2, -0.15) is 0 Å². The smallest absolute Gasteiger partial charge is 0.242 e. The van der Waals surface area contributed by atoms with Crippen LogP contribution in [-0.2, 0) is 4.79 Å². The number of carbonyl (C=O) groups excluding carboxylic acids is 1. The van der Waals surface area contributed by atoms with Crippen LogP contribution in [0.3, 0.4) is 0 Å². The molecule has 3 aromatic rings. The lowest BCUT2D eigenvalue weighted by Gasteiger charge is -2.16. The number of hydrogen-bond donors (Lipinski definition) is 3. The summed E-state index contributed by atoms with van der Waals surface area (Å²) in [6.45, 7) is 2.00. The van der Waals surface area contributed by atoms with Gasteiger partial charge in [-0.3, -0.25) is 4.79 Å². The van der Waals surface area contributed by atoms with Crippen LogP contribution in [0.2, 0.25) is 0 Å². The SMILES string of the molecule is Cc1ccc(NC(=O)[C@H](Sc2nc(N)cc(N)n2)c2ccccc2)cc1. The van der Waals surface area contributed by atoms with Crippen LogP contribution < -0.4 is 16.8 Å². The summed E-state index contributed by atoms with van der Waals surface area (Å²) < 4.78 is 0. The first-order chi connectivity index (χ1) is 12.5. The summed E-state index contributed by atoms with van der Waals surface area (Å²) in [5.74, 6) is 0.367. The maximum atomic E-state index is 12.9. The Morgan fingerprint density at radius 1 is 1.00 bits per heavy atom. The van der Waals surface area contributed by atoms with Gasteiger partial charge in [0.05, 0.1) is 0 Å². The highest BCUT2D eigenvalue weighted by molar-refractivity contribution is 8.00. The Hall–Kier alpha value is -3.06. The Morgan fingerprint density at radius 2 is 1.62 bits per heavy atom. The topological polar surface area (TPSA) is 107 Å². The standard InChI is InChI=1S/C19H19N5OS/c1-12-7-9-14(10-8-12)22-18(25)17(13-5-3-2-4-6-13)26-19-23-15(20)11-16(21)24-19/h2-11,17H,1H3,(H,22,25)(H4,20,21,23,24)/t17-/m1/s1. The van der Waals surface area contributed by atoms with E-state index < -0.39 is 5.25 Å². The Balaban J connectivity index is 1.87. The maximum Gasteiger partial charge on any atom is 0.242 e. The second kappa shape index (κ2) is 7.88. The molecule has 3 rings (SSSR count). The molecule has 0 aliphatic carbocycles. The van der Waals surface area contributed by atoms with Crippen LogP contribution in [0.5, 0.6) is 0 Å². The number of thioether (sulfide) groups is 1. The van der Waals surface area contributed by atoms with Crippen molar-refractivity contribution >= 4 is 35.0 Å². The largest absolute Gasteiger partial charge is 0.383 e. The number of nitrogens with zero attached hydrogens (tertiary/aromatic N) is 2. The molecule has 6 nitrogen and oxygen atoms in total. The van der Waals surface area contributed by atoms with Crippen LogP contribution in [-0.4, -0.2) is 15.9 Å². The third kappa shape index (κ3) is 4.52. The van der Waals surface area contributed by atoms with E-state index in [0.29, 0.717) is 5.16 Å². The average Bonchev–Trinajstić information content (AvgIpc) is 2.61. The summed E-state index contributed by atoms with van der Waals surface area (Å²) in [6.07, 6.45) is 0. The van der Waals surface area contributed by atoms with Crippen molar-refractivity contribution in [2.24, 2.45) is 0 Å². The van der Waals surface area contributed by atoms with Gasteiger partial charge in [0, 0.05) is 11.8 Å². The minimum atomic E-state index is -0.543. The van der Waals surface area contributed by atoms with Gasteiger partial charge in [0.1, 0.15) is 16.9 Å². The molecule has 0 spiro atoms. The highest BCUT2D eigenvalue weighted by Crippen LogP contribution is 2.35. The summed E-state index contributed by atoms with van der Waals surface area (Å²) >= 11 is 1.21. The zero-order chi connectivity index (χ0) is 18.5. The fraction of sp³-hybridized carbons (Fsp3) is 0.105. The third-order valence-corrected chi connectivity index (χ3v) is 4.74. The van der Waals surface area contributed by atoms with Crippen LogP contribution in [0.1, 0.15) is 16.4 Å². The van der Waals surface area contributed by atoms with Crippen LogP contribution in [0.25, 0.3) is 0 Å². The normalized spacial score (nSPS) is 11.7. The highest BCUT2D eigenvalue weighted by atomic mass is 32.2. The number of nitrogen functional groups attached to an aromatic ring is 2. The van der Waals surface area contributed by atoms with Crippen LogP contribution in [0.4, 0.5) is 17.3 Å². The molecule has 0 fully saturated rings. The van der Waals surface area contributed by atoms with Gasteiger partial charge in [0.15, 0.2) is 5.16 Å². The Bertz CT molecular complexity index is 879. The lowest BCUT2D eigenvalue weighted by Crippen LogP contribution is -2.19. The number of carbonyl (C=O) groups is 1. The lowest BCUT2D eigenvalue weighted by atomic mass is 10.1. The molecular weight excluding hydrogens is 346 g/mol. The van der Waals surface area contributed by atoms with Gasteiger partial charge >= 0.3 is 0 Å². The van der Waals surface area contributed by atoms with E-state index in [1.54, 1.807) is 0 Å². The molecule has 0 radical (unpaired) electrons. The molecule has 2 aromatic carbocycles. The minimum absolute atomic E-state index is 0.172. The summed E-state index contributed by atoms with van der Waals surface area (Å²) in [6, 6.07) is 18.6. The molecule has 1 aromatic heterocycles. The molecule has 7 heteroatoms. The maximum absolute atomic E-state index is 12.9. The van der Waals surface area contributed by atoms with E-state index in [4.69, 9.17) is 11.5 Å². The van der Waals surface area contributed by atoms with Crippen molar-refractivity contribution in [1.82, 2.24) is 9.97 Å². The second-order valence-electron chi connectivity index (χ2n) is 5.76. The predicted octanol–water partition coefficient (Wildman–Crippen LogP) is 3.42. The van der Waals surface area contributed by atoms with Crippen molar-refractivity contribution < 1.29 is 4.79 Å². The van der Waals surface area contributed by atoms with E-state index in [1.807, 2.05) is 61.5 Å². The molecule has 0 aliphatic heterocycles. The van der Waals surface area contributed by atoms with Crippen LogP contribution in [0.15, 0.2) is 65.8 Å². The van der Waals surface area contributed by atoms with Crippen molar-refractivity contribution in [2.45, 2.75) is 17.3 Å². The van der Waals surface area contributed by atoms with E-state index in [2.05, 4.69) is 15.3 Å². The zero-order valence-corrected chi connectivity index (χ0v) is 15.0. The van der Waals surface area contributed by atoms with Crippen molar-refractivity contribution in [3.63, 3.8) is 0 Å². The molecule has 0 saturated heterocycles. The van der Waals surface area contributed by atoms with Crippen molar-refractivity contribution in [1.29, 1.82) is 0 Å². The van der Waals surface area contributed by atoms with Gasteiger partial charge in [0.2, 0.25) is 5.91 Å². The van der Waals surface area contributed by atoms with E-state index >= 15 is 0 Å². The first-order valence-electron chi connectivity index (χ1n) is 8.00. The number of benzene rings is 2. The van der Waals surface area contributed by atoms with Crippen LogP contribution >= 0.6 is 11.8 Å². The second-order valence-corrected chi connectivity index (χ2v) is 6.84. The number of aromatic nitrogens is 2. The van der Waals surface area contributed by atoms with Gasteiger partial charge in [-0.15, -0.1) is 0 Å². The Labute approximate surface area is 156 Å². The number of rotatable bonds is 5. The molecule has 0 bridgehead atoms. The molecular formula is C19H19N5OS. The summed E-state index contributed by atoms with van der Waals surface area (Å²) in [4.78, 5) is 21.3. The third-order valence-electron chi connectivity index (χ3n) is 3.63. The molecule has 1 heterocycles. The van der Waals surface area contributed by atoms with E-state index in [0.717, 1.165) is 16.8 Å². The number of amides is 1. The van der Waals surface area contributed by atoms with Gasteiger partial charge < -0.3 is 16.8 Å². The number of aryl methyl sites for hydroxylation is 1. The Morgan fingerprint density at radius 3 is 2.23 bits per heavy atom. The summed E-state index contributed by atoms with van der Waals surface area (Å²) in [7, 11) is 0. The first-order valence-corrected chi connectivity index (χ1v) is 8.88. The summed E-state index contributed by atoms with van der Waals surface area (Å²) in [5, 5.41) is 2.75. The predicted molar refractivity (Wildman–Crippen MR) is 106 cm³/mol. The number of hydrogen-bond acceptors (Lipinski definition) is 6. The van der Waals surface area contributed by atoms with Gasteiger partial charge in [0.25, 0.3) is 0 Å². The molecule has 1 amide bonds. The van der Waals surface area contributed by atoms with Crippen molar-refractivity contribution in [2.75, 3.05) is 16.8 Å². The van der Waals surface area contributed by atoms with Gasteiger partial charge in [-0.1, -0.05) is 59.8 Å². The molecule has 0 saturated carbocycles. The van der Waals surface area contributed by atoms with E-state index in [9.17, 15) is 4.79 Å². The monoisotopic (exact) mass is 365 g/mol. The van der Waals surface area contributed by atoms with Gasteiger partial charge in [-0.05, 0) is 24.6 Å². The molecule has 132 valence electrons. The highest BCUT2D eigenvalue weighted by Gasteiger charge is 2.24. The minimum Gasteiger partial charge on any atom is -0.383 e. The van der Waals surface area contributed by atoms with E-state index in [1.165, 1.54) is 17.8 Å². The van der Waals surface area contributed by atoms with Crippen LogP contribution in [0, 0.1) is 6.92 Å². The number of nitrogens with two attached hydrogens (primary N) is 2. The molecule has 26 heavy (non-hydrogen) atoms. The van der Waals surface area contributed by atoms with Crippen molar-refractivity contribution in [3.05, 3.63) is 71.8 Å². The number of anilines is 3. The van der Waals surface area contributed by atoms with E-state index in [-0.39, 0.29) is 17.5 Å². The average molecular weight is 365 g/mol. The number of nitrogens with one attached hydrogen (secondary N) is 1. The molecule has 0 unspecified atom stereocenters. The lowest BCUT2D eigenvalue weighted by molar-refractivity contribution is -0.115. The molecule has 5 N–H and O–H groups in total.